The van der Waals surface area contributed by atoms with Gasteiger partial charge in [-0.2, -0.15) is 0 Å². The van der Waals surface area contributed by atoms with Gasteiger partial charge < -0.3 is 0 Å². The summed E-state index contributed by atoms with van der Waals surface area (Å²) < 4.78 is 0. The Balaban J connectivity index is 0.000000113. The molecular weight excluding hydrogens is 1740 g/mol. The molecule has 0 saturated carbocycles. The molecule has 27 rings (SSSR count). The lowest BCUT2D eigenvalue weighted by atomic mass is 9.89. The van der Waals surface area contributed by atoms with E-state index in [1.165, 1.54) is 141 Å². The molecule has 0 aliphatic heterocycles. The summed E-state index contributed by atoms with van der Waals surface area (Å²) in [7, 11) is 0. The van der Waals surface area contributed by atoms with Crippen LogP contribution in [-0.4, -0.2) is 29.9 Å². The fourth-order valence-electron chi connectivity index (χ4n) is 20.8. The molecule has 24 aromatic carbocycles. The molecule has 0 aliphatic carbocycles. The molecule has 6 nitrogen and oxygen atoms in total. The molecule has 672 valence electrons. The van der Waals surface area contributed by atoms with E-state index in [2.05, 4.69) is 437 Å². The quantitative estimate of drug-likeness (QED) is 0.0952. The van der Waals surface area contributed by atoms with E-state index >= 15 is 0 Å². The Hall–Kier alpha value is -19.1. The topological polar surface area (TPSA) is 77.3 Å². The highest BCUT2D eigenvalue weighted by Gasteiger charge is 2.21. The summed E-state index contributed by atoms with van der Waals surface area (Å²) >= 11 is 0. The number of nitrogens with zero attached hydrogens (tertiary/aromatic N) is 6. The lowest BCUT2D eigenvalue weighted by molar-refractivity contribution is 1.07. The number of rotatable bonds is 15. The average molecular weight is 1830 g/mol. The van der Waals surface area contributed by atoms with Crippen molar-refractivity contribution >= 4 is 97.0 Å². The standard InChI is InChI=1S/C47H31N.C46H30N2.C45H29N3/c1-3-14-32(15-4-1)46-30-37(31-47(48-46)33-16-5-2-6-17-33)34-18-13-19-35(28-34)38-20-7-8-21-39(38)36-26-27-44-42-24-10-9-22-40(42)41-23-11-12-25-43(41)45(44)29-36;1-3-13-31(14-4-1)44-30-45(32-15-5-2-6-16-32)48-46(47-44)37-20-12-19-35(28-37)33-17-11-18-34(27-33)36-25-26-42-40-23-8-7-21-38(40)39-22-9-10-24-41(39)43(42)29-36;1-3-13-30(14-4-1)43-46-44(31-15-5-2-6-16-31)48-45(47-43)36-20-12-19-34(28-36)32-17-11-18-33(27-32)35-25-26-41-39-23-8-7-21-37(39)38-22-9-10-24-40(38)42(41)29-35/h1-31H;1-30H;1-29H. The van der Waals surface area contributed by atoms with Crippen LogP contribution in [0.1, 0.15) is 0 Å². The second-order valence-corrected chi connectivity index (χ2v) is 36.6. The summed E-state index contributed by atoms with van der Waals surface area (Å²) in [6, 6.07) is 194. The smallest absolute Gasteiger partial charge is 0.164 e. The van der Waals surface area contributed by atoms with Gasteiger partial charge in [-0.05, 0) is 242 Å². The fraction of sp³-hybridized carbons (Fsp3) is 0. The molecule has 0 bridgehead atoms. The maximum atomic E-state index is 5.10. The number of hydrogen-bond donors (Lipinski definition) is 0. The van der Waals surface area contributed by atoms with Crippen LogP contribution in [-0.2, 0) is 0 Å². The summed E-state index contributed by atoms with van der Waals surface area (Å²) in [5.74, 6) is 2.67. The van der Waals surface area contributed by atoms with Gasteiger partial charge in [0.1, 0.15) is 0 Å². The fourth-order valence-corrected chi connectivity index (χ4v) is 20.8. The van der Waals surface area contributed by atoms with E-state index in [4.69, 9.17) is 29.9 Å². The molecule has 0 radical (unpaired) electrons. The van der Waals surface area contributed by atoms with E-state index in [1.54, 1.807) is 0 Å². The Bertz CT molecular complexity index is 8920. The monoisotopic (exact) mass is 1830 g/mol. The van der Waals surface area contributed by atoms with E-state index < -0.39 is 0 Å². The molecule has 0 N–H and O–H groups in total. The van der Waals surface area contributed by atoms with Crippen LogP contribution in [0.4, 0.5) is 0 Å². The van der Waals surface area contributed by atoms with Crippen LogP contribution in [0.25, 0.3) is 265 Å². The summed E-state index contributed by atoms with van der Waals surface area (Å²) in [6.45, 7) is 0. The SMILES string of the molecule is c1ccc(-c2cc(-c3cccc(-c4ccccc4-c4ccc5c6ccccc6c6ccccc6c5c4)c3)cc(-c3ccccc3)n2)cc1.c1ccc(-c2cc(-c3ccccc3)nc(-c3cccc(-c4cccc(-c5ccc6c7ccccc7c7ccccc7c6c5)c4)c3)n2)cc1.c1ccc(-c2nc(-c3ccccc3)nc(-c3cccc(-c4cccc(-c5ccc6c7ccccc7c7ccccc7c6c5)c4)c3)n2)cc1. The van der Waals surface area contributed by atoms with Gasteiger partial charge in [-0.25, -0.2) is 29.9 Å². The van der Waals surface area contributed by atoms with E-state index in [0.717, 1.165) is 101 Å². The maximum Gasteiger partial charge on any atom is 0.164 e. The molecule has 0 fully saturated rings. The molecule has 0 aliphatic rings. The maximum absolute atomic E-state index is 5.10. The predicted octanol–water partition coefficient (Wildman–Crippen LogP) is 36.8. The van der Waals surface area contributed by atoms with Crippen LogP contribution in [0.5, 0.6) is 0 Å². The molecule has 0 atom stereocenters. The van der Waals surface area contributed by atoms with Gasteiger partial charge in [0, 0.05) is 44.5 Å². The van der Waals surface area contributed by atoms with Gasteiger partial charge in [0.25, 0.3) is 0 Å². The van der Waals surface area contributed by atoms with Gasteiger partial charge in [-0.1, -0.05) is 479 Å². The Morgan fingerprint density at radius 3 is 0.569 bits per heavy atom. The molecule has 3 heterocycles. The van der Waals surface area contributed by atoms with E-state index in [0.29, 0.717) is 23.3 Å². The molecule has 0 unspecified atom stereocenters. The summed E-state index contributed by atoms with van der Waals surface area (Å²) in [5, 5.41) is 23.1. The minimum Gasteiger partial charge on any atom is -0.248 e. The van der Waals surface area contributed by atoms with E-state index in [-0.39, 0.29) is 0 Å². The highest BCUT2D eigenvalue weighted by Crippen LogP contribution is 2.46. The molecule has 27 aromatic rings. The van der Waals surface area contributed by atoms with Crippen LogP contribution >= 0.6 is 0 Å². The van der Waals surface area contributed by atoms with Crippen molar-refractivity contribution in [1.29, 1.82) is 0 Å². The summed E-state index contributed by atoms with van der Waals surface area (Å²) in [6.07, 6.45) is 0. The van der Waals surface area contributed by atoms with Gasteiger partial charge in [0.2, 0.25) is 0 Å². The van der Waals surface area contributed by atoms with Gasteiger partial charge >= 0.3 is 0 Å². The Morgan fingerprint density at radius 1 is 0.0833 bits per heavy atom. The van der Waals surface area contributed by atoms with Crippen LogP contribution in [0, 0.1) is 0 Å². The van der Waals surface area contributed by atoms with Crippen LogP contribution in [0.15, 0.2) is 546 Å². The molecule has 3 aromatic heterocycles. The average Bonchev–Trinajstić information content (AvgIpc) is 0.747. The number of hydrogen-bond acceptors (Lipinski definition) is 6. The van der Waals surface area contributed by atoms with Crippen molar-refractivity contribution in [1.82, 2.24) is 29.9 Å². The Kier molecular flexibility index (Phi) is 23.0. The summed E-state index contributed by atoms with van der Waals surface area (Å²) in [4.78, 5) is 30.0. The Labute approximate surface area is 835 Å². The second-order valence-electron chi connectivity index (χ2n) is 36.6. The van der Waals surface area contributed by atoms with Crippen molar-refractivity contribution in [2.45, 2.75) is 0 Å². The molecule has 0 amide bonds. The van der Waals surface area contributed by atoms with Crippen molar-refractivity contribution in [2.24, 2.45) is 0 Å². The Morgan fingerprint density at radius 2 is 0.264 bits per heavy atom. The second kappa shape index (κ2) is 38.3. The first-order chi connectivity index (χ1) is 71.4. The molecule has 0 spiro atoms. The third-order valence-corrected chi connectivity index (χ3v) is 27.8. The molecule has 144 heavy (non-hydrogen) atoms. The van der Waals surface area contributed by atoms with Crippen molar-refractivity contribution in [3.8, 4) is 168 Å². The third kappa shape index (κ3) is 17.1. The van der Waals surface area contributed by atoms with Gasteiger partial charge in [-0.3, -0.25) is 0 Å². The van der Waals surface area contributed by atoms with Crippen molar-refractivity contribution in [3.05, 3.63) is 546 Å². The molecule has 0 saturated heterocycles. The number of benzene rings is 24. The zero-order valence-corrected chi connectivity index (χ0v) is 78.6. The number of pyridine rings is 1. The number of fused-ring (bicyclic) bond motifs is 18. The van der Waals surface area contributed by atoms with Crippen molar-refractivity contribution in [2.75, 3.05) is 0 Å². The highest BCUT2D eigenvalue weighted by molar-refractivity contribution is 6.28. The van der Waals surface area contributed by atoms with Crippen LogP contribution in [0.3, 0.4) is 0 Å². The van der Waals surface area contributed by atoms with E-state index in [9.17, 15) is 0 Å². The zero-order valence-electron chi connectivity index (χ0n) is 78.6. The minimum absolute atomic E-state index is 0.648. The number of aromatic nitrogens is 6. The van der Waals surface area contributed by atoms with Gasteiger partial charge in [-0.15, -0.1) is 0 Å². The largest absolute Gasteiger partial charge is 0.248 e. The zero-order chi connectivity index (χ0) is 95.6. The first-order valence-corrected chi connectivity index (χ1v) is 49.0. The summed E-state index contributed by atoms with van der Waals surface area (Å²) in [5.41, 5.74) is 28.4. The van der Waals surface area contributed by atoms with Crippen molar-refractivity contribution in [3.63, 3.8) is 0 Å². The van der Waals surface area contributed by atoms with Crippen LogP contribution < -0.4 is 0 Å². The minimum atomic E-state index is 0.648. The highest BCUT2D eigenvalue weighted by atomic mass is 15.0. The first kappa shape index (κ1) is 86.4. The van der Waals surface area contributed by atoms with Gasteiger partial charge in [0.05, 0.1) is 22.8 Å². The lowest BCUT2D eigenvalue weighted by Crippen LogP contribution is -2.00. The van der Waals surface area contributed by atoms with Crippen molar-refractivity contribution < 1.29 is 0 Å². The van der Waals surface area contributed by atoms with E-state index in [1.807, 2.05) is 109 Å². The third-order valence-electron chi connectivity index (χ3n) is 27.8. The molecule has 6 heteroatoms. The van der Waals surface area contributed by atoms with Gasteiger partial charge in [0.15, 0.2) is 23.3 Å². The van der Waals surface area contributed by atoms with Crippen LogP contribution in [0.2, 0.25) is 0 Å². The lowest BCUT2D eigenvalue weighted by Gasteiger charge is -2.15. The predicted molar refractivity (Wildman–Crippen MR) is 605 cm³/mol. The normalized spacial score (nSPS) is 11.3. The molecular formula is C138H90N6. The first-order valence-electron chi connectivity index (χ1n) is 49.0.